The molecule has 3 aliphatic carbocycles. The number of anilines is 2. The fourth-order valence-corrected chi connectivity index (χ4v) is 6.54. The van der Waals surface area contributed by atoms with Gasteiger partial charge in [0, 0.05) is 29.6 Å². The summed E-state index contributed by atoms with van der Waals surface area (Å²) in [5.41, 5.74) is 3.52. The molecule has 0 saturated heterocycles. The molecule has 2 amide bonds. The maximum absolute atomic E-state index is 15.6. The van der Waals surface area contributed by atoms with Gasteiger partial charge in [-0.05, 0) is 49.7 Å². The fourth-order valence-electron chi connectivity index (χ4n) is 6.54. The van der Waals surface area contributed by atoms with Crippen LogP contribution in [0.15, 0.2) is 29.2 Å². The molecule has 14 nitrogen and oxygen atoms in total. The van der Waals surface area contributed by atoms with Gasteiger partial charge in [0.25, 0.3) is 0 Å². The Morgan fingerprint density at radius 2 is 2.07 bits per heavy atom. The molecule has 0 aromatic carbocycles. The van der Waals surface area contributed by atoms with E-state index in [1.807, 2.05) is 0 Å². The standard InChI is InChI=1S/C28H32FN9O5/c1-36-20-12-31-22(10-19(20)37(27(36)41)18-9-14(8-17(18)29)32-26(40)43-3)33-21-7-6-15-23(34-21)38(35-24(15)42-2)28(25(30)39)11-16(28)13-4-5-13/h6-7,10,12-14,16-18H,4-5,8-9,11H2,1-3H3,(H2,30,39)(H,32,40)(H,31,33,34)/t14?,16-,17?,18?,28+/m1/s1/i1D3,2D3,3D3. The number of nitrogens with two attached hydrogens (primary N) is 1. The van der Waals surface area contributed by atoms with Gasteiger partial charge >= 0.3 is 11.8 Å². The van der Waals surface area contributed by atoms with E-state index in [9.17, 15) is 14.4 Å². The summed E-state index contributed by atoms with van der Waals surface area (Å²) in [5, 5.41) is 9.78. The van der Waals surface area contributed by atoms with Gasteiger partial charge in [0.15, 0.2) is 5.65 Å². The number of nitrogens with zero attached hydrogens (tertiary/aromatic N) is 6. The van der Waals surface area contributed by atoms with E-state index < -0.39 is 62.5 Å². The Hall–Kier alpha value is -4.69. The van der Waals surface area contributed by atoms with Gasteiger partial charge in [0.1, 0.15) is 23.3 Å². The molecule has 0 radical (unpaired) electrons. The van der Waals surface area contributed by atoms with Crippen molar-refractivity contribution in [1.82, 2.24) is 34.2 Å². The van der Waals surface area contributed by atoms with Gasteiger partial charge in [-0.1, -0.05) is 0 Å². The molecule has 0 bridgehead atoms. The van der Waals surface area contributed by atoms with Crippen LogP contribution in [0.2, 0.25) is 0 Å². The van der Waals surface area contributed by atoms with E-state index in [1.165, 1.54) is 22.9 Å². The van der Waals surface area contributed by atoms with Crippen LogP contribution in [-0.4, -0.2) is 67.2 Å². The van der Waals surface area contributed by atoms with Gasteiger partial charge in [-0.3, -0.25) is 13.9 Å². The molecule has 4 aromatic heterocycles. The summed E-state index contributed by atoms with van der Waals surface area (Å²) in [6.07, 6.45) is -0.243. The van der Waals surface area contributed by atoms with Crippen molar-refractivity contribution in [3.05, 3.63) is 34.9 Å². The molecular weight excluding hydrogens is 561 g/mol. The number of imidazole rings is 1. The number of alkyl halides is 1. The van der Waals surface area contributed by atoms with Crippen LogP contribution in [0.25, 0.3) is 22.1 Å². The third-order valence-corrected chi connectivity index (χ3v) is 8.79. The third-order valence-electron chi connectivity index (χ3n) is 8.79. The Morgan fingerprint density at radius 1 is 1.21 bits per heavy atom. The minimum Gasteiger partial charge on any atom is -0.479 e. The van der Waals surface area contributed by atoms with Crippen LogP contribution in [0, 0.1) is 11.8 Å². The van der Waals surface area contributed by atoms with E-state index in [0.29, 0.717) is 11.0 Å². The first-order valence-electron chi connectivity index (χ1n) is 18.1. The Balaban J connectivity index is 1.26. The number of hydrogen-bond acceptors (Lipinski definition) is 9. The maximum Gasteiger partial charge on any atom is 0.407 e. The Labute approximate surface area is 257 Å². The molecular formula is C28H32FN9O5. The van der Waals surface area contributed by atoms with Crippen LogP contribution >= 0.6 is 0 Å². The smallest absolute Gasteiger partial charge is 0.407 e. The summed E-state index contributed by atoms with van der Waals surface area (Å²) >= 11 is 0. The normalized spacial score (nSPS) is 30.5. The quantitative estimate of drug-likeness (QED) is 0.273. The molecule has 15 heteroatoms. The zero-order valence-corrected chi connectivity index (χ0v) is 22.4. The number of pyridine rings is 2. The zero-order chi connectivity index (χ0) is 37.7. The molecule has 4 heterocycles. The van der Waals surface area contributed by atoms with Gasteiger partial charge in [-0.15, -0.1) is 5.10 Å². The Kier molecular flexibility index (Phi) is 4.22. The van der Waals surface area contributed by atoms with Crippen LogP contribution in [-0.2, 0) is 22.0 Å². The molecule has 3 unspecified atom stereocenters. The first-order valence-corrected chi connectivity index (χ1v) is 13.6. The number of nitrogens with one attached hydrogen (secondary N) is 2. The second kappa shape index (κ2) is 9.67. The highest BCUT2D eigenvalue weighted by molar-refractivity contribution is 5.91. The van der Waals surface area contributed by atoms with E-state index in [0.717, 1.165) is 23.6 Å². The predicted octanol–water partition coefficient (Wildman–Crippen LogP) is 2.24. The summed E-state index contributed by atoms with van der Waals surface area (Å²) in [6.45, 7) is -2.99. The zero-order valence-electron chi connectivity index (χ0n) is 31.4. The molecule has 0 aliphatic heterocycles. The number of amides is 2. The molecule has 7 rings (SSSR count). The van der Waals surface area contributed by atoms with Gasteiger partial charge in [0.05, 0.1) is 51.0 Å². The Morgan fingerprint density at radius 3 is 2.81 bits per heavy atom. The number of ether oxygens (including phenoxy) is 2. The van der Waals surface area contributed by atoms with Crippen LogP contribution in [0.1, 0.15) is 50.5 Å². The van der Waals surface area contributed by atoms with Crippen molar-refractivity contribution < 1.29 is 35.8 Å². The molecule has 226 valence electrons. The Bertz CT molecular complexity index is 2160. The number of alkyl carbamates (subject to hydrolysis) is 1. The molecule has 5 atom stereocenters. The van der Waals surface area contributed by atoms with Crippen LogP contribution < -0.4 is 26.8 Å². The highest BCUT2D eigenvalue weighted by Crippen LogP contribution is 2.61. The van der Waals surface area contributed by atoms with Crippen molar-refractivity contribution in [2.45, 2.75) is 55.9 Å². The summed E-state index contributed by atoms with van der Waals surface area (Å²) < 4.78 is 95.8. The minimum atomic E-state index is -3.04. The van der Waals surface area contributed by atoms with Crippen molar-refractivity contribution in [1.29, 1.82) is 0 Å². The maximum atomic E-state index is 15.6. The number of rotatable bonds is 8. The molecule has 43 heavy (non-hydrogen) atoms. The molecule has 3 fully saturated rings. The number of fused-ring (bicyclic) bond motifs is 2. The lowest BCUT2D eigenvalue weighted by Crippen LogP contribution is -2.37. The van der Waals surface area contributed by atoms with Gasteiger partial charge in [-0.2, -0.15) is 0 Å². The van der Waals surface area contributed by atoms with E-state index in [4.69, 9.17) is 22.8 Å². The first-order chi connectivity index (χ1) is 24.2. The number of halogens is 1. The van der Waals surface area contributed by atoms with E-state index in [-0.39, 0.29) is 64.3 Å². The van der Waals surface area contributed by atoms with Crippen molar-refractivity contribution in [3.8, 4) is 5.88 Å². The number of primary amides is 1. The molecule has 3 saturated carbocycles. The molecule has 3 aliphatic rings. The van der Waals surface area contributed by atoms with E-state index in [2.05, 4.69) is 30.4 Å². The topological polar surface area (TPSA) is 173 Å². The first kappa shape index (κ1) is 18.8. The van der Waals surface area contributed by atoms with Gasteiger partial charge in [-0.25, -0.2) is 28.6 Å². The second-order valence-corrected chi connectivity index (χ2v) is 11.3. The van der Waals surface area contributed by atoms with Crippen LogP contribution in [0.3, 0.4) is 0 Å². The summed E-state index contributed by atoms with van der Waals surface area (Å²) in [7, 11) is -5.90. The average Bonchev–Trinajstić information content (AvgIpc) is 3.88. The summed E-state index contributed by atoms with van der Waals surface area (Å²) in [6, 6.07) is 2.04. The van der Waals surface area contributed by atoms with E-state index >= 15 is 4.39 Å². The third kappa shape index (κ3) is 4.19. The number of carbonyl (C=O) groups is 2. The molecule has 4 N–H and O–H groups in total. The second-order valence-electron chi connectivity index (χ2n) is 11.3. The van der Waals surface area contributed by atoms with Crippen molar-refractivity contribution in [3.63, 3.8) is 0 Å². The fraction of sp³-hybridized carbons (Fsp3) is 0.500. The molecule has 0 spiro atoms. The van der Waals surface area contributed by atoms with Crippen LogP contribution in [0.4, 0.5) is 20.8 Å². The van der Waals surface area contributed by atoms with Crippen LogP contribution in [0.5, 0.6) is 5.88 Å². The van der Waals surface area contributed by atoms with E-state index in [1.54, 1.807) is 0 Å². The largest absolute Gasteiger partial charge is 0.479 e. The minimum absolute atomic E-state index is 0.0191. The lowest BCUT2D eigenvalue weighted by atomic mass is 10.1. The van der Waals surface area contributed by atoms with Crippen molar-refractivity contribution in [2.24, 2.45) is 24.5 Å². The highest BCUT2D eigenvalue weighted by Gasteiger charge is 2.67. The highest BCUT2D eigenvalue weighted by atomic mass is 19.1. The number of hydrogen-bond donors (Lipinski definition) is 3. The summed E-state index contributed by atoms with van der Waals surface area (Å²) in [4.78, 5) is 47.4. The summed E-state index contributed by atoms with van der Waals surface area (Å²) in [5.74, 6) is -0.627. The lowest BCUT2D eigenvalue weighted by molar-refractivity contribution is -0.123. The average molecular weight is 603 g/mol. The molecule has 4 aromatic rings. The number of aryl methyl sites for hydroxylation is 1. The lowest BCUT2D eigenvalue weighted by Gasteiger charge is -2.16. The number of aromatic nitrogens is 6. The SMILES string of the molecule is [2H]C([2H])([2H])OC(=O)NC1CC(F)C(n2c(=O)n(C([2H])([2H])[2H])c3cnc(Nc4ccc5c(OC([2H])([2H])[2H])nn([C@@]6(C(N)=O)C[C@@H]6C6CC6)c5n4)cc32)C1. The van der Waals surface area contributed by atoms with Gasteiger partial charge < -0.3 is 25.8 Å². The number of carbonyl (C=O) groups excluding carboxylic acids is 2. The van der Waals surface area contributed by atoms with Crippen molar-refractivity contribution in [2.75, 3.05) is 19.4 Å². The number of methoxy groups -OCH3 is 2. The van der Waals surface area contributed by atoms with Gasteiger partial charge in [0.2, 0.25) is 11.8 Å². The van der Waals surface area contributed by atoms with Crippen molar-refractivity contribution >= 4 is 45.7 Å². The monoisotopic (exact) mass is 602 g/mol. The predicted molar refractivity (Wildman–Crippen MR) is 153 cm³/mol.